The van der Waals surface area contributed by atoms with Crippen molar-refractivity contribution in [3.8, 4) is 0 Å². The van der Waals surface area contributed by atoms with E-state index in [1.165, 1.54) is 4.90 Å². The van der Waals surface area contributed by atoms with Crippen LogP contribution in [-0.4, -0.2) is 0 Å². The first-order chi connectivity index (χ1) is 7.74. The summed E-state index contributed by atoms with van der Waals surface area (Å²) in [6.07, 6.45) is 0. The monoisotopic (exact) mass is 267 g/mol. The molecule has 16 heavy (non-hydrogen) atoms. The molecule has 0 saturated heterocycles. The molecular formula is C12H7Cl2NS. The Kier molecular flexibility index (Phi) is 2.51. The maximum Gasteiger partial charge on any atom is 0.0581 e. The fraction of sp³-hybridized carbons (Fsp3) is 0. The maximum absolute atomic E-state index is 6.17. The van der Waals surface area contributed by atoms with Crippen LogP contribution in [0.4, 0.5) is 11.4 Å². The largest absolute Gasteiger partial charge is 0.354 e. The minimum Gasteiger partial charge on any atom is -0.354 e. The van der Waals surface area contributed by atoms with Crippen LogP contribution in [0.15, 0.2) is 46.2 Å². The number of anilines is 2. The van der Waals surface area contributed by atoms with Gasteiger partial charge < -0.3 is 5.32 Å². The quantitative estimate of drug-likeness (QED) is 0.601. The smallest absolute Gasteiger partial charge is 0.0581 e. The zero-order chi connectivity index (χ0) is 11.1. The van der Waals surface area contributed by atoms with E-state index in [1.54, 1.807) is 17.8 Å². The molecule has 0 radical (unpaired) electrons. The van der Waals surface area contributed by atoms with Crippen molar-refractivity contribution in [1.29, 1.82) is 0 Å². The van der Waals surface area contributed by atoms with Crippen molar-refractivity contribution >= 4 is 46.3 Å². The molecule has 0 aliphatic carbocycles. The predicted molar refractivity (Wildman–Crippen MR) is 70.3 cm³/mol. The van der Waals surface area contributed by atoms with Crippen molar-refractivity contribution < 1.29 is 0 Å². The van der Waals surface area contributed by atoms with E-state index in [1.807, 2.05) is 24.3 Å². The number of para-hydroxylation sites is 1. The zero-order valence-electron chi connectivity index (χ0n) is 8.13. The van der Waals surface area contributed by atoms with Crippen LogP contribution in [0, 0.1) is 0 Å². The summed E-state index contributed by atoms with van der Waals surface area (Å²) in [7, 11) is 0. The Morgan fingerprint density at radius 1 is 1.00 bits per heavy atom. The third-order valence-corrected chi connectivity index (χ3v) is 4.23. The minimum atomic E-state index is 0.649. The highest BCUT2D eigenvalue weighted by atomic mass is 35.5. The Morgan fingerprint density at radius 3 is 2.69 bits per heavy atom. The van der Waals surface area contributed by atoms with Gasteiger partial charge in [0.15, 0.2) is 0 Å². The van der Waals surface area contributed by atoms with Crippen LogP contribution in [-0.2, 0) is 0 Å². The predicted octanol–water partition coefficient (Wildman–Crippen LogP) is 5.20. The van der Waals surface area contributed by atoms with Crippen LogP contribution < -0.4 is 5.32 Å². The highest BCUT2D eigenvalue weighted by molar-refractivity contribution is 7.99. The van der Waals surface area contributed by atoms with Gasteiger partial charge in [0.25, 0.3) is 0 Å². The topological polar surface area (TPSA) is 12.0 Å². The molecule has 0 saturated carbocycles. The van der Waals surface area contributed by atoms with E-state index in [4.69, 9.17) is 23.2 Å². The molecule has 0 amide bonds. The molecule has 2 aromatic rings. The standard InChI is InChI=1S/C12H7Cl2NS/c13-7-5-8(14)12-10(6-7)15-9-3-1-2-4-11(9)16-12/h1-6,15H. The van der Waals surface area contributed by atoms with Crippen LogP contribution in [0.25, 0.3) is 0 Å². The molecular weight excluding hydrogens is 261 g/mol. The van der Waals surface area contributed by atoms with Gasteiger partial charge in [0.05, 0.1) is 21.3 Å². The first-order valence-corrected chi connectivity index (χ1v) is 6.34. The van der Waals surface area contributed by atoms with E-state index in [0.717, 1.165) is 16.3 Å². The van der Waals surface area contributed by atoms with Gasteiger partial charge >= 0.3 is 0 Å². The van der Waals surface area contributed by atoms with E-state index in [9.17, 15) is 0 Å². The molecule has 1 N–H and O–H groups in total. The van der Waals surface area contributed by atoms with Crippen LogP contribution in [0.3, 0.4) is 0 Å². The fourth-order valence-electron chi connectivity index (χ4n) is 1.67. The summed E-state index contributed by atoms with van der Waals surface area (Å²) < 4.78 is 0. The lowest BCUT2D eigenvalue weighted by atomic mass is 10.2. The van der Waals surface area contributed by atoms with Gasteiger partial charge in [-0.2, -0.15) is 0 Å². The third-order valence-electron chi connectivity index (χ3n) is 2.38. The minimum absolute atomic E-state index is 0.649. The molecule has 0 aromatic heterocycles. The highest BCUT2D eigenvalue weighted by Crippen LogP contribution is 2.48. The molecule has 0 atom stereocenters. The molecule has 0 unspecified atom stereocenters. The van der Waals surface area contributed by atoms with Gasteiger partial charge in [-0.15, -0.1) is 0 Å². The van der Waals surface area contributed by atoms with E-state index >= 15 is 0 Å². The average molecular weight is 268 g/mol. The van der Waals surface area contributed by atoms with Gasteiger partial charge in [0.1, 0.15) is 0 Å². The zero-order valence-corrected chi connectivity index (χ0v) is 10.5. The molecule has 3 rings (SSSR count). The fourth-order valence-corrected chi connectivity index (χ4v) is 3.25. The Morgan fingerprint density at radius 2 is 1.81 bits per heavy atom. The van der Waals surface area contributed by atoms with E-state index in [0.29, 0.717) is 10.0 Å². The first kappa shape index (κ1) is 10.3. The normalized spacial score (nSPS) is 12.6. The highest BCUT2D eigenvalue weighted by Gasteiger charge is 2.18. The number of rotatable bonds is 0. The van der Waals surface area contributed by atoms with Gasteiger partial charge in [0, 0.05) is 9.92 Å². The van der Waals surface area contributed by atoms with E-state index in [-0.39, 0.29) is 0 Å². The molecule has 0 spiro atoms. The van der Waals surface area contributed by atoms with Crippen molar-refractivity contribution in [1.82, 2.24) is 0 Å². The second-order valence-electron chi connectivity index (χ2n) is 3.49. The van der Waals surface area contributed by atoms with Gasteiger partial charge in [0.2, 0.25) is 0 Å². The molecule has 0 bridgehead atoms. The summed E-state index contributed by atoms with van der Waals surface area (Å²) in [6, 6.07) is 11.8. The van der Waals surface area contributed by atoms with Crippen LogP contribution in [0.1, 0.15) is 0 Å². The lowest BCUT2D eigenvalue weighted by molar-refractivity contribution is 1.31. The van der Waals surface area contributed by atoms with Crippen LogP contribution >= 0.6 is 35.0 Å². The van der Waals surface area contributed by atoms with Gasteiger partial charge in [-0.1, -0.05) is 47.1 Å². The Bertz CT molecular complexity index is 569. The number of hydrogen-bond donors (Lipinski definition) is 1. The molecule has 1 aliphatic rings. The van der Waals surface area contributed by atoms with Crippen molar-refractivity contribution in [2.45, 2.75) is 9.79 Å². The summed E-state index contributed by atoms with van der Waals surface area (Å²) in [5.41, 5.74) is 2.07. The second kappa shape index (κ2) is 3.88. The SMILES string of the molecule is Clc1cc(Cl)c2c(c1)Nc1ccccc1S2. The van der Waals surface area contributed by atoms with E-state index in [2.05, 4.69) is 11.4 Å². The van der Waals surface area contributed by atoms with Crippen molar-refractivity contribution in [3.63, 3.8) is 0 Å². The molecule has 0 fully saturated rings. The Balaban J connectivity index is 2.15. The number of nitrogens with one attached hydrogen (secondary N) is 1. The molecule has 4 heteroatoms. The summed E-state index contributed by atoms with van der Waals surface area (Å²) in [4.78, 5) is 2.21. The number of benzene rings is 2. The second-order valence-corrected chi connectivity index (χ2v) is 5.38. The van der Waals surface area contributed by atoms with Crippen LogP contribution in [0.2, 0.25) is 10.0 Å². The Hall–Kier alpha value is -0.830. The van der Waals surface area contributed by atoms with Crippen molar-refractivity contribution in [3.05, 3.63) is 46.4 Å². The summed E-state index contributed by atoms with van der Waals surface area (Å²) in [5, 5.41) is 4.67. The molecule has 2 aromatic carbocycles. The maximum atomic E-state index is 6.17. The van der Waals surface area contributed by atoms with E-state index < -0.39 is 0 Å². The molecule has 1 heterocycles. The van der Waals surface area contributed by atoms with Gasteiger partial charge in [-0.3, -0.25) is 0 Å². The molecule has 1 nitrogen and oxygen atoms in total. The lowest BCUT2D eigenvalue weighted by Gasteiger charge is -2.21. The van der Waals surface area contributed by atoms with Crippen molar-refractivity contribution in [2.75, 3.05) is 5.32 Å². The first-order valence-electron chi connectivity index (χ1n) is 4.77. The number of fused-ring (bicyclic) bond motifs is 2. The van der Waals surface area contributed by atoms with Gasteiger partial charge in [-0.25, -0.2) is 0 Å². The number of halogens is 2. The molecule has 80 valence electrons. The van der Waals surface area contributed by atoms with Crippen molar-refractivity contribution in [2.24, 2.45) is 0 Å². The Labute approximate surface area is 108 Å². The number of hydrogen-bond acceptors (Lipinski definition) is 2. The lowest BCUT2D eigenvalue weighted by Crippen LogP contribution is -1.99. The third kappa shape index (κ3) is 1.67. The summed E-state index contributed by atoms with van der Waals surface area (Å²) in [6.45, 7) is 0. The average Bonchev–Trinajstić information content (AvgIpc) is 2.27. The molecule has 1 aliphatic heterocycles. The summed E-state index contributed by atoms with van der Waals surface area (Å²) in [5.74, 6) is 0. The van der Waals surface area contributed by atoms with Crippen LogP contribution in [0.5, 0.6) is 0 Å². The summed E-state index contributed by atoms with van der Waals surface area (Å²) >= 11 is 13.8. The van der Waals surface area contributed by atoms with Gasteiger partial charge in [-0.05, 0) is 24.3 Å².